The summed E-state index contributed by atoms with van der Waals surface area (Å²) in [5.74, 6) is 1.58. The number of amides is 1. The Morgan fingerprint density at radius 1 is 1.22 bits per heavy atom. The molecule has 1 atom stereocenters. The van der Waals surface area contributed by atoms with Gasteiger partial charge in [0.15, 0.2) is 0 Å². The fraction of sp³-hybridized carbons (Fsp3) is 0.400. The minimum atomic E-state index is 0.231. The number of nitrogens with zero attached hydrogens (tertiary/aromatic N) is 5. The van der Waals surface area contributed by atoms with Crippen LogP contribution in [0.1, 0.15) is 42.3 Å². The van der Waals surface area contributed by atoms with Crippen molar-refractivity contribution in [3.05, 3.63) is 64.9 Å². The van der Waals surface area contributed by atoms with Crippen molar-refractivity contribution in [2.45, 2.75) is 38.1 Å². The first-order valence-electron chi connectivity index (χ1n) is 9.34. The molecule has 0 bridgehead atoms. The Hall–Kier alpha value is -2.54. The van der Waals surface area contributed by atoms with Gasteiger partial charge >= 0.3 is 0 Å². The van der Waals surface area contributed by atoms with Crippen molar-refractivity contribution < 1.29 is 4.79 Å². The summed E-state index contributed by atoms with van der Waals surface area (Å²) in [5.41, 5.74) is 4.07. The van der Waals surface area contributed by atoms with Crippen LogP contribution in [0, 0.1) is 0 Å². The molecule has 3 aromatic rings. The Labute approximate surface area is 162 Å². The molecule has 0 saturated carbocycles. The quantitative estimate of drug-likeness (QED) is 0.658. The van der Waals surface area contributed by atoms with Crippen LogP contribution in [0.5, 0.6) is 0 Å². The predicted molar refractivity (Wildman–Crippen MR) is 105 cm³/mol. The third-order valence-corrected chi connectivity index (χ3v) is 5.71. The third kappa shape index (κ3) is 4.42. The van der Waals surface area contributed by atoms with E-state index in [-0.39, 0.29) is 11.8 Å². The molecule has 0 spiro atoms. The molecule has 4 rings (SSSR count). The molecule has 0 aromatic carbocycles. The SMILES string of the molecule is O=C(CCc1ccncc1)N1CCC[C@H](c2nccn2Cc2cscn2)C1. The van der Waals surface area contributed by atoms with Gasteiger partial charge in [0, 0.05) is 55.6 Å². The second kappa shape index (κ2) is 8.43. The van der Waals surface area contributed by atoms with Crippen molar-refractivity contribution in [2.24, 2.45) is 0 Å². The van der Waals surface area contributed by atoms with Crippen molar-refractivity contribution in [1.82, 2.24) is 24.4 Å². The molecule has 0 radical (unpaired) electrons. The lowest BCUT2D eigenvalue weighted by Crippen LogP contribution is -2.39. The molecule has 1 aliphatic rings. The molecule has 1 aliphatic heterocycles. The number of thiazole rings is 1. The summed E-state index contributed by atoms with van der Waals surface area (Å²) in [6.07, 6.45) is 10.8. The van der Waals surface area contributed by atoms with Gasteiger partial charge in [-0.1, -0.05) is 0 Å². The Morgan fingerprint density at radius 3 is 2.93 bits per heavy atom. The van der Waals surface area contributed by atoms with Crippen LogP contribution in [0.15, 0.2) is 47.8 Å². The first kappa shape index (κ1) is 17.9. The van der Waals surface area contributed by atoms with E-state index < -0.39 is 0 Å². The molecule has 1 amide bonds. The van der Waals surface area contributed by atoms with Crippen LogP contribution < -0.4 is 0 Å². The zero-order chi connectivity index (χ0) is 18.5. The molecule has 4 heterocycles. The molecule has 3 aromatic heterocycles. The van der Waals surface area contributed by atoms with Crippen molar-refractivity contribution in [3.63, 3.8) is 0 Å². The number of pyridine rings is 1. The number of rotatable bonds is 6. The first-order valence-corrected chi connectivity index (χ1v) is 10.3. The summed E-state index contributed by atoms with van der Waals surface area (Å²) in [6, 6.07) is 3.95. The lowest BCUT2D eigenvalue weighted by molar-refractivity contribution is -0.132. The average molecular weight is 382 g/mol. The zero-order valence-electron chi connectivity index (χ0n) is 15.2. The van der Waals surface area contributed by atoms with Gasteiger partial charge in [-0.3, -0.25) is 9.78 Å². The first-order chi connectivity index (χ1) is 13.3. The summed E-state index contributed by atoms with van der Waals surface area (Å²) in [7, 11) is 0. The highest BCUT2D eigenvalue weighted by atomic mass is 32.1. The number of imidazole rings is 1. The van der Waals surface area contributed by atoms with E-state index in [1.807, 2.05) is 34.9 Å². The van der Waals surface area contributed by atoms with E-state index in [1.165, 1.54) is 0 Å². The summed E-state index contributed by atoms with van der Waals surface area (Å²) in [5, 5.41) is 2.07. The highest BCUT2D eigenvalue weighted by Crippen LogP contribution is 2.27. The Kier molecular flexibility index (Phi) is 5.58. The van der Waals surface area contributed by atoms with Crippen LogP contribution in [-0.2, 0) is 17.8 Å². The van der Waals surface area contributed by atoms with Gasteiger partial charge in [0.05, 0.1) is 17.7 Å². The van der Waals surface area contributed by atoms with Crippen molar-refractivity contribution in [2.75, 3.05) is 13.1 Å². The number of carbonyl (C=O) groups excluding carboxylic acids is 1. The lowest BCUT2D eigenvalue weighted by atomic mass is 9.96. The van der Waals surface area contributed by atoms with Gasteiger partial charge in [-0.25, -0.2) is 9.97 Å². The van der Waals surface area contributed by atoms with E-state index in [0.29, 0.717) is 6.42 Å². The number of likely N-dealkylation sites (tertiary alicyclic amines) is 1. The highest BCUT2D eigenvalue weighted by Gasteiger charge is 2.27. The monoisotopic (exact) mass is 381 g/mol. The van der Waals surface area contributed by atoms with E-state index >= 15 is 0 Å². The number of piperidine rings is 1. The molecule has 0 aliphatic carbocycles. The second-order valence-corrected chi connectivity index (χ2v) is 7.65. The van der Waals surface area contributed by atoms with E-state index in [2.05, 4.69) is 24.9 Å². The van der Waals surface area contributed by atoms with Gasteiger partial charge in [-0.05, 0) is 37.0 Å². The predicted octanol–water partition coefficient (Wildman–Crippen LogP) is 3.12. The maximum absolute atomic E-state index is 12.7. The minimum absolute atomic E-state index is 0.231. The van der Waals surface area contributed by atoms with Gasteiger partial charge in [0.1, 0.15) is 5.82 Å². The fourth-order valence-corrected chi connectivity index (χ4v) is 4.23. The van der Waals surface area contributed by atoms with Gasteiger partial charge in [0.2, 0.25) is 5.91 Å². The molecule has 140 valence electrons. The number of aryl methyl sites for hydroxylation is 1. The molecule has 1 saturated heterocycles. The summed E-state index contributed by atoms with van der Waals surface area (Å²) in [6.45, 7) is 2.34. The summed E-state index contributed by atoms with van der Waals surface area (Å²) >= 11 is 1.61. The maximum atomic E-state index is 12.7. The smallest absolute Gasteiger partial charge is 0.222 e. The normalized spacial score (nSPS) is 17.2. The Bertz CT molecular complexity index is 862. The molecule has 27 heavy (non-hydrogen) atoms. The van der Waals surface area contributed by atoms with Crippen molar-refractivity contribution in [3.8, 4) is 0 Å². The van der Waals surface area contributed by atoms with Gasteiger partial charge < -0.3 is 9.47 Å². The molecule has 6 nitrogen and oxygen atoms in total. The van der Waals surface area contributed by atoms with Crippen molar-refractivity contribution >= 4 is 17.2 Å². The zero-order valence-corrected chi connectivity index (χ0v) is 16.0. The lowest BCUT2D eigenvalue weighted by Gasteiger charge is -2.32. The number of hydrogen-bond donors (Lipinski definition) is 0. The standard InChI is InChI=1S/C20H23N5OS/c26-19(4-3-16-5-7-21-8-6-16)24-10-1-2-17(12-24)20-22-9-11-25(20)13-18-14-27-15-23-18/h5-9,11,14-15,17H,1-4,10,12-13H2/t17-/m0/s1. The average Bonchev–Trinajstić information content (AvgIpc) is 3.39. The van der Waals surface area contributed by atoms with E-state index in [1.54, 1.807) is 23.7 Å². The van der Waals surface area contributed by atoms with Crippen LogP contribution in [0.3, 0.4) is 0 Å². The summed E-state index contributed by atoms with van der Waals surface area (Å²) in [4.78, 5) is 27.7. The highest BCUT2D eigenvalue weighted by molar-refractivity contribution is 7.07. The van der Waals surface area contributed by atoms with E-state index in [0.717, 1.165) is 56.0 Å². The molecule has 0 unspecified atom stereocenters. The van der Waals surface area contributed by atoms with Crippen LogP contribution in [0.2, 0.25) is 0 Å². The summed E-state index contributed by atoms with van der Waals surface area (Å²) < 4.78 is 2.17. The van der Waals surface area contributed by atoms with E-state index in [4.69, 9.17) is 0 Å². The molecular formula is C20H23N5OS. The molecular weight excluding hydrogens is 358 g/mol. The van der Waals surface area contributed by atoms with E-state index in [9.17, 15) is 4.79 Å². The third-order valence-electron chi connectivity index (χ3n) is 5.08. The van der Waals surface area contributed by atoms with Crippen LogP contribution >= 0.6 is 11.3 Å². The van der Waals surface area contributed by atoms with Crippen LogP contribution in [0.25, 0.3) is 0 Å². The maximum Gasteiger partial charge on any atom is 0.222 e. The Balaban J connectivity index is 1.38. The van der Waals surface area contributed by atoms with Gasteiger partial charge in [-0.15, -0.1) is 11.3 Å². The Morgan fingerprint density at radius 2 is 2.11 bits per heavy atom. The minimum Gasteiger partial charge on any atom is -0.342 e. The fourth-order valence-electron chi connectivity index (χ4n) is 3.68. The molecule has 0 N–H and O–H groups in total. The number of hydrogen-bond acceptors (Lipinski definition) is 5. The molecule has 1 fully saturated rings. The number of aromatic nitrogens is 4. The molecule has 7 heteroatoms. The van der Waals surface area contributed by atoms with Crippen molar-refractivity contribution in [1.29, 1.82) is 0 Å². The number of carbonyl (C=O) groups is 1. The van der Waals surface area contributed by atoms with Gasteiger partial charge in [0.25, 0.3) is 0 Å². The second-order valence-electron chi connectivity index (χ2n) is 6.93. The largest absolute Gasteiger partial charge is 0.342 e. The van der Waals surface area contributed by atoms with Gasteiger partial charge in [-0.2, -0.15) is 0 Å². The van der Waals surface area contributed by atoms with Crippen LogP contribution in [0.4, 0.5) is 0 Å². The van der Waals surface area contributed by atoms with Crippen LogP contribution in [-0.4, -0.2) is 43.4 Å². The topological polar surface area (TPSA) is 63.9 Å².